The first-order valence-corrected chi connectivity index (χ1v) is 5.14. The van der Waals surface area contributed by atoms with Crippen molar-refractivity contribution in [1.82, 2.24) is 0 Å². The minimum Gasteiger partial charge on any atom is -0.481 e. The van der Waals surface area contributed by atoms with Crippen LogP contribution in [0.2, 0.25) is 0 Å². The molecule has 1 heterocycles. The van der Waals surface area contributed by atoms with E-state index in [1.165, 1.54) is 0 Å². The highest BCUT2D eigenvalue weighted by molar-refractivity contribution is 5.86. The van der Waals surface area contributed by atoms with Gasteiger partial charge in [-0.15, -0.1) is 0 Å². The fourth-order valence-corrected chi connectivity index (χ4v) is 1.67. The number of rotatable bonds is 2. The van der Waals surface area contributed by atoms with E-state index >= 15 is 0 Å². The molecular formula is C13H14O3. The van der Waals surface area contributed by atoms with Gasteiger partial charge in [-0.1, -0.05) is 6.07 Å². The van der Waals surface area contributed by atoms with E-state index in [9.17, 15) is 4.79 Å². The summed E-state index contributed by atoms with van der Waals surface area (Å²) in [5, 5.41) is 10.1. The molecule has 84 valence electrons. The van der Waals surface area contributed by atoms with Crippen molar-refractivity contribution in [3.05, 3.63) is 35.6 Å². The molecule has 0 aliphatic rings. The summed E-state index contributed by atoms with van der Waals surface area (Å²) < 4.78 is 5.33. The van der Waals surface area contributed by atoms with E-state index in [1.54, 1.807) is 26.2 Å². The smallest absolute Gasteiger partial charge is 0.313 e. The van der Waals surface area contributed by atoms with Crippen LogP contribution < -0.4 is 0 Å². The summed E-state index contributed by atoms with van der Waals surface area (Å²) in [7, 11) is 0. The maximum Gasteiger partial charge on any atom is 0.313 e. The van der Waals surface area contributed by atoms with Crippen molar-refractivity contribution in [3.63, 3.8) is 0 Å². The summed E-state index contributed by atoms with van der Waals surface area (Å²) in [5.41, 5.74) is 1.73. The number of hydrogen-bond donors (Lipinski definition) is 1. The van der Waals surface area contributed by atoms with Crippen LogP contribution in [0.15, 0.2) is 28.9 Å². The van der Waals surface area contributed by atoms with Gasteiger partial charge in [0.1, 0.15) is 5.58 Å². The first-order chi connectivity index (χ1) is 7.43. The molecule has 3 heteroatoms. The van der Waals surface area contributed by atoms with Crippen LogP contribution >= 0.6 is 0 Å². The van der Waals surface area contributed by atoms with Gasteiger partial charge in [0.2, 0.25) is 0 Å². The minimum atomic E-state index is -0.877. The molecule has 0 bridgehead atoms. The molecule has 2 rings (SSSR count). The normalized spacial score (nSPS) is 11.9. The summed E-state index contributed by atoms with van der Waals surface area (Å²) in [5.74, 6) is -0.826. The number of hydrogen-bond acceptors (Lipinski definition) is 2. The van der Waals surface area contributed by atoms with Crippen LogP contribution in [0.3, 0.4) is 0 Å². The Morgan fingerprint density at radius 2 is 2.06 bits per heavy atom. The molecule has 0 atom stereocenters. The van der Waals surface area contributed by atoms with Gasteiger partial charge in [-0.2, -0.15) is 0 Å². The molecule has 0 amide bonds. The molecule has 1 N–H and O–H groups in total. The number of carboxylic acids is 1. The van der Waals surface area contributed by atoms with Gasteiger partial charge in [-0.05, 0) is 44.0 Å². The molecular weight excluding hydrogens is 204 g/mol. The molecule has 0 aliphatic heterocycles. The zero-order chi connectivity index (χ0) is 11.9. The zero-order valence-corrected chi connectivity index (χ0v) is 9.57. The molecule has 0 saturated heterocycles. The number of benzene rings is 1. The number of furan rings is 1. The molecule has 1 aromatic heterocycles. The largest absolute Gasteiger partial charge is 0.481 e. The van der Waals surface area contributed by atoms with E-state index in [0.717, 1.165) is 22.1 Å². The Hall–Kier alpha value is -1.77. The van der Waals surface area contributed by atoms with Crippen molar-refractivity contribution >= 4 is 16.9 Å². The Morgan fingerprint density at radius 1 is 1.38 bits per heavy atom. The van der Waals surface area contributed by atoms with Gasteiger partial charge in [0.25, 0.3) is 0 Å². The molecule has 0 saturated carbocycles. The molecule has 0 unspecified atom stereocenters. The Labute approximate surface area is 93.7 Å². The second kappa shape index (κ2) is 3.37. The van der Waals surface area contributed by atoms with E-state index in [-0.39, 0.29) is 0 Å². The van der Waals surface area contributed by atoms with Crippen LogP contribution in [0.1, 0.15) is 25.0 Å². The predicted octanol–water partition coefficient (Wildman–Crippen LogP) is 3.10. The number of aliphatic carboxylic acids is 1. The summed E-state index contributed by atoms with van der Waals surface area (Å²) in [6.07, 6.45) is 1.68. The van der Waals surface area contributed by atoms with Gasteiger partial charge >= 0.3 is 5.97 Å². The average molecular weight is 218 g/mol. The molecule has 2 aromatic rings. The van der Waals surface area contributed by atoms with Gasteiger partial charge in [-0.3, -0.25) is 4.79 Å². The predicted molar refractivity (Wildman–Crippen MR) is 61.6 cm³/mol. The second-order valence-electron chi connectivity index (χ2n) is 4.56. The Kier molecular flexibility index (Phi) is 2.26. The van der Waals surface area contributed by atoms with Crippen LogP contribution in [0.5, 0.6) is 0 Å². The number of carbonyl (C=O) groups is 1. The maximum absolute atomic E-state index is 11.2. The van der Waals surface area contributed by atoms with Crippen molar-refractivity contribution in [2.24, 2.45) is 0 Å². The zero-order valence-electron chi connectivity index (χ0n) is 9.57. The van der Waals surface area contributed by atoms with Crippen LogP contribution in [0.25, 0.3) is 11.0 Å². The quantitative estimate of drug-likeness (QED) is 0.842. The minimum absolute atomic E-state index is 0.789. The Balaban J connectivity index is 2.62. The summed E-state index contributed by atoms with van der Waals surface area (Å²) in [6.45, 7) is 5.35. The molecule has 1 aromatic carbocycles. The van der Waals surface area contributed by atoms with E-state index in [1.807, 2.05) is 19.1 Å². The van der Waals surface area contributed by atoms with Crippen LogP contribution in [0, 0.1) is 6.92 Å². The van der Waals surface area contributed by atoms with Crippen molar-refractivity contribution in [2.45, 2.75) is 26.2 Å². The Morgan fingerprint density at radius 3 is 2.69 bits per heavy atom. The lowest BCUT2D eigenvalue weighted by Gasteiger charge is -2.19. The number of carboxylic acid groups (broad SMARTS) is 1. The first kappa shape index (κ1) is 10.7. The molecule has 0 radical (unpaired) electrons. The summed E-state index contributed by atoms with van der Waals surface area (Å²) in [4.78, 5) is 11.2. The third-order valence-corrected chi connectivity index (χ3v) is 3.02. The molecule has 16 heavy (non-hydrogen) atoms. The van der Waals surface area contributed by atoms with Crippen LogP contribution in [-0.4, -0.2) is 11.1 Å². The van der Waals surface area contributed by atoms with E-state index < -0.39 is 11.4 Å². The Bertz CT molecular complexity index is 549. The monoisotopic (exact) mass is 218 g/mol. The van der Waals surface area contributed by atoms with Crippen molar-refractivity contribution in [3.8, 4) is 0 Å². The molecule has 0 aliphatic carbocycles. The van der Waals surface area contributed by atoms with Crippen molar-refractivity contribution < 1.29 is 14.3 Å². The topological polar surface area (TPSA) is 50.4 Å². The summed E-state index contributed by atoms with van der Waals surface area (Å²) >= 11 is 0. The highest BCUT2D eigenvalue weighted by atomic mass is 16.4. The number of fused-ring (bicyclic) bond motifs is 1. The average Bonchev–Trinajstić information content (AvgIpc) is 2.60. The van der Waals surface area contributed by atoms with E-state index in [4.69, 9.17) is 9.52 Å². The lowest BCUT2D eigenvalue weighted by molar-refractivity contribution is -0.142. The van der Waals surface area contributed by atoms with Crippen molar-refractivity contribution in [2.75, 3.05) is 0 Å². The van der Waals surface area contributed by atoms with Gasteiger partial charge in [0, 0.05) is 5.39 Å². The van der Waals surface area contributed by atoms with Crippen LogP contribution in [0.4, 0.5) is 0 Å². The van der Waals surface area contributed by atoms with Gasteiger partial charge < -0.3 is 9.52 Å². The first-order valence-electron chi connectivity index (χ1n) is 5.14. The molecule has 0 fully saturated rings. The van der Waals surface area contributed by atoms with E-state index in [2.05, 4.69) is 0 Å². The highest BCUT2D eigenvalue weighted by Gasteiger charge is 2.29. The fourth-order valence-electron chi connectivity index (χ4n) is 1.67. The van der Waals surface area contributed by atoms with E-state index in [0.29, 0.717) is 0 Å². The second-order valence-corrected chi connectivity index (χ2v) is 4.56. The van der Waals surface area contributed by atoms with Crippen molar-refractivity contribution in [1.29, 1.82) is 0 Å². The summed E-state index contributed by atoms with van der Waals surface area (Å²) in [6, 6.07) is 5.52. The molecule has 0 spiro atoms. The van der Waals surface area contributed by atoms with Gasteiger partial charge in [0.15, 0.2) is 0 Å². The number of aryl methyl sites for hydroxylation is 1. The molecule has 3 nitrogen and oxygen atoms in total. The highest BCUT2D eigenvalue weighted by Crippen LogP contribution is 2.29. The maximum atomic E-state index is 11.2. The van der Waals surface area contributed by atoms with Crippen LogP contribution in [-0.2, 0) is 10.2 Å². The third-order valence-electron chi connectivity index (χ3n) is 3.02. The van der Waals surface area contributed by atoms with Gasteiger partial charge in [0.05, 0.1) is 11.7 Å². The SMILES string of the molecule is Cc1coc2ccc(C(C)(C)C(=O)O)cc12. The lowest BCUT2D eigenvalue weighted by Crippen LogP contribution is -2.28. The third kappa shape index (κ3) is 1.48. The van der Waals surface area contributed by atoms with Gasteiger partial charge in [-0.25, -0.2) is 0 Å². The lowest BCUT2D eigenvalue weighted by atomic mass is 9.84. The fraction of sp³-hybridized carbons (Fsp3) is 0.308. The standard InChI is InChI=1S/C13H14O3/c1-8-7-16-11-5-4-9(6-10(8)11)13(2,3)12(14)15/h4-7H,1-3H3,(H,14,15).